The molecule has 0 aliphatic carbocycles. The summed E-state index contributed by atoms with van der Waals surface area (Å²) in [5.74, 6) is -2.07. The lowest BCUT2D eigenvalue weighted by Crippen LogP contribution is -2.33. The van der Waals surface area contributed by atoms with Crippen LogP contribution in [0.3, 0.4) is 0 Å². The van der Waals surface area contributed by atoms with Crippen molar-refractivity contribution in [3.63, 3.8) is 0 Å². The quantitative estimate of drug-likeness (QED) is 0.282. The van der Waals surface area contributed by atoms with Crippen LogP contribution in [-0.4, -0.2) is 64.4 Å². The van der Waals surface area contributed by atoms with E-state index >= 15 is 0 Å². The zero-order valence-corrected chi connectivity index (χ0v) is 20.4. The molecular weight excluding hydrogens is 467 g/mol. The van der Waals surface area contributed by atoms with E-state index in [0.29, 0.717) is 44.6 Å². The number of hydrogen-bond donors (Lipinski definition) is 4. The Hall–Kier alpha value is -3.63. The summed E-state index contributed by atoms with van der Waals surface area (Å²) in [5.41, 5.74) is 1.18. The van der Waals surface area contributed by atoms with Gasteiger partial charge in [0.2, 0.25) is 0 Å². The van der Waals surface area contributed by atoms with Crippen molar-refractivity contribution >= 4 is 22.7 Å². The average Bonchev–Trinajstić information content (AvgIpc) is 2.88. The first-order valence-corrected chi connectivity index (χ1v) is 11.9. The van der Waals surface area contributed by atoms with Crippen LogP contribution in [0.4, 0.5) is 4.39 Å². The molecule has 0 saturated carbocycles. The number of pyridine rings is 2. The molecule has 1 atom stereocenters. The highest BCUT2D eigenvalue weighted by atomic mass is 19.1. The molecule has 2 heterocycles. The molecule has 1 unspecified atom stereocenters. The third-order valence-electron chi connectivity index (χ3n) is 5.55. The van der Waals surface area contributed by atoms with Gasteiger partial charge in [0.25, 0.3) is 11.8 Å². The maximum atomic E-state index is 13.3. The molecule has 192 valence electrons. The second kappa shape index (κ2) is 12.9. The Morgan fingerprint density at radius 3 is 2.50 bits per heavy atom. The summed E-state index contributed by atoms with van der Waals surface area (Å²) < 4.78 is 18.6. The third kappa shape index (κ3) is 6.96. The van der Waals surface area contributed by atoms with E-state index in [2.05, 4.69) is 20.6 Å². The van der Waals surface area contributed by atoms with Gasteiger partial charge in [0, 0.05) is 37.9 Å². The van der Waals surface area contributed by atoms with E-state index in [1.54, 1.807) is 25.1 Å². The molecule has 0 spiro atoms. The highest BCUT2D eigenvalue weighted by Crippen LogP contribution is 2.29. The molecule has 0 saturated heterocycles. The number of rotatable bonds is 12. The van der Waals surface area contributed by atoms with Crippen molar-refractivity contribution in [2.24, 2.45) is 0 Å². The van der Waals surface area contributed by atoms with Gasteiger partial charge in [0.15, 0.2) is 11.4 Å². The van der Waals surface area contributed by atoms with Crippen LogP contribution in [0.25, 0.3) is 10.9 Å². The van der Waals surface area contributed by atoms with Crippen LogP contribution in [0, 0.1) is 5.82 Å². The maximum Gasteiger partial charge on any atom is 0.273 e. The second-order valence-electron chi connectivity index (χ2n) is 8.28. The molecule has 0 bridgehead atoms. The molecule has 36 heavy (non-hydrogen) atoms. The Kier molecular flexibility index (Phi) is 9.66. The molecule has 0 fully saturated rings. The summed E-state index contributed by atoms with van der Waals surface area (Å²) in [6, 6.07) is 7.70. The molecule has 1 aromatic carbocycles. The first-order valence-electron chi connectivity index (χ1n) is 11.9. The topological polar surface area (TPSA) is 134 Å². The number of nitrogens with zero attached hydrogens (tertiary/aromatic N) is 2. The molecular formula is C26H31FN4O5. The Bertz CT molecular complexity index is 1200. The minimum Gasteiger partial charge on any atom is -0.504 e. The van der Waals surface area contributed by atoms with E-state index < -0.39 is 23.7 Å². The van der Waals surface area contributed by atoms with Gasteiger partial charge >= 0.3 is 0 Å². The number of aromatic hydroxyl groups is 1. The van der Waals surface area contributed by atoms with Gasteiger partial charge in [-0.3, -0.25) is 14.6 Å². The van der Waals surface area contributed by atoms with E-state index in [9.17, 15) is 24.2 Å². The van der Waals surface area contributed by atoms with Gasteiger partial charge in [-0.15, -0.1) is 0 Å². The molecule has 2 amide bonds. The van der Waals surface area contributed by atoms with Gasteiger partial charge in [0.1, 0.15) is 17.0 Å². The number of amides is 2. The number of fused-ring (bicyclic) bond motifs is 1. The fourth-order valence-electron chi connectivity index (χ4n) is 3.52. The summed E-state index contributed by atoms with van der Waals surface area (Å²) in [4.78, 5) is 34.3. The number of benzene rings is 1. The van der Waals surface area contributed by atoms with E-state index in [1.165, 1.54) is 18.3 Å². The first kappa shape index (κ1) is 27.0. The average molecular weight is 499 g/mol. The van der Waals surface area contributed by atoms with Crippen molar-refractivity contribution in [3.05, 3.63) is 64.9 Å². The second-order valence-corrected chi connectivity index (χ2v) is 8.28. The summed E-state index contributed by atoms with van der Waals surface area (Å²) in [7, 11) is 0. The van der Waals surface area contributed by atoms with Crippen molar-refractivity contribution in [2.45, 2.75) is 39.2 Å². The first-order chi connectivity index (χ1) is 17.3. The fraction of sp³-hybridized carbons (Fsp3) is 0.385. The van der Waals surface area contributed by atoms with Crippen LogP contribution in [-0.2, 0) is 11.2 Å². The number of carbonyl (C=O) groups is 2. The fourth-order valence-corrected chi connectivity index (χ4v) is 3.52. The summed E-state index contributed by atoms with van der Waals surface area (Å²) >= 11 is 0. The summed E-state index contributed by atoms with van der Waals surface area (Å²) in [6.45, 7) is 5.01. The van der Waals surface area contributed by atoms with Crippen molar-refractivity contribution in [1.29, 1.82) is 0 Å². The van der Waals surface area contributed by atoms with E-state index in [4.69, 9.17) is 4.74 Å². The third-order valence-corrected chi connectivity index (χ3v) is 5.55. The number of halogens is 1. The van der Waals surface area contributed by atoms with E-state index in [0.717, 1.165) is 5.56 Å². The Labute approximate surface area is 208 Å². The lowest BCUT2D eigenvalue weighted by atomic mass is 10.0. The lowest BCUT2D eigenvalue weighted by molar-refractivity contribution is 0.0905. The minimum atomic E-state index is -0.753. The van der Waals surface area contributed by atoms with Crippen molar-refractivity contribution in [2.75, 3.05) is 26.3 Å². The van der Waals surface area contributed by atoms with Crippen molar-refractivity contribution < 1.29 is 28.9 Å². The number of aliphatic hydroxyl groups is 1. The molecule has 0 radical (unpaired) electrons. The molecule has 3 rings (SSSR count). The molecule has 2 aromatic heterocycles. The molecule has 10 heteroatoms. The molecule has 9 nitrogen and oxygen atoms in total. The summed E-state index contributed by atoms with van der Waals surface area (Å²) in [5, 5.41) is 26.1. The number of nitrogens with one attached hydrogen (secondary N) is 2. The molecule has 0 aliphatic heterocycles. The number of aliphatic hydroxyl groups excluding tert-OH is 1. The van der Waals surface area contributed by atoms with Gasteiger partial charge in [0.05, 0.1) is 6.10 Å². The van der Waals surface area contributed by atoms with Gasteiger partial charge in [-0.2, -0.15) is 0 Å². The highest BCUT2D eigenvalue weighted by molar-refractivity contribution is 6.09. The smallest absolute Gasteiger partial charge is 0.273 e. The zero-order chi connectivity index (χ0) is 26.1. The predicted octanol–water partition coefficient (Wildman–Crippen LogP) is 2.72. The largest absolute Gasteiger partial charge is 0.504 e. The maximum absolute atomic E-state index is 13.3. The van der Waals surface area contributed by atoms with Crippen LogP contribution < -0.4 is 10.6 Å². The Morgan fingerprint density at radius 2 is 1.81 bits per heavy atom. The van der Waals surface area contributed by atoms with E-state index in [1.807, 2.05) is 6.92 Å². The number of hydrogen-bond acceptors (Lipinski definition) is 7. The standard InChI is InChI=1S/C26H31FN4O5/c1-3-19(32)15-30-26(35)23-24(33)21-20(22(31-23)25(34)28-10-5-11-36-4-2)13-17(14-29-21)12-16-6-8-18(27)9-7-16/h6-9,13-14,19,32-33H,3-5,10-12,15H2,1-2H3,(H,28,34)(H,30,35). The van der Waals surface area contributed by atoms with Gasteiger partial charge in [-0.25, -0.2) is 9.37 Å². The van der Waals surface area contributed by atoms with Crippen LogP contribution >= 0.6 is 0 Å². The number of carbonyl (C=O) groups excluding carboxylic acids is 2. The number of ether oxygens (including phenoxy) is 1. The Morgan fingerprint density at radius 1 is 1.08 bits per heavy atom. The predicted molar refractivity (Wildman–Crippen MR) is 132 cm³/mol. The van der Waals surface area contributed by atoms with Crippen molar-refractivity contribution in [1.82, 2.24) is 20.6 Å². The lowest BCUT2D eigenvalue weighted by Gasteiger charge is -2.14. The van der Waals surface area contributed by atoms with Crippen LogP contribution in [0.15, 0.2) is 36.5 Å². The summed E-state index contributed by atoms with van der Waals surface area (Å²) in [6.07, 6.45) is 2.21. The number of aromatic nitrogens is 2. The van der Waals surface area contributed by atoms with Gasteiger partial charge in [-0.1, -0.05) is 19.1 Å². The van der Waals surface area contributed by atoms with E-state index in [-0.39, 0.29) is 34.7 Å². The van der Waals surface area contributed by atoms with Crippen LogP contribution in [0.2, 0.25) is 0 Å². The minimum absolute atomic E-state index is 0.0303. The highest BCUT2D eigenvalue weighted by Gasteiger charge is 2.24. The molecule has 0 aliphatic rings. The van der Waals surface area contributed by atoms with Gasteiger partial charge in [-0.05, 0) is 55.5 Å². The molecule has 4 N–H and O–H groups in total. The normalized spacial score (nSPS) is 11.9. The molecule has 3 aromatic rings. The Balaban J connectivity index is 1.97. The van der Waals surface area contributed by atoms with Gasteiger partial charge < -0.3 is 25.6 Å². The SMILES string of the molecule is CCOCCCNC(=O)c1nc(C(=O)NCC(O)CC)c(O)c2ncc(Cc3ccc(F)cc3)cc12. The van der Waals surface area contributed by atoms with Crippen LogP contribution in [0.5, 0.6) is 5.75 Å². The zero-order valence-electron chi connectivity index (χ0n) is 20.4. The van der Waals surface area contributed by atoms with Crippen LogP contribution in [0.1, 0.15) is 58.8 Å². The monoisotopic (exact) mass is 498 g/mol. The van der Waals surface area contributed by atoms with Crippen molar-refractivity contribution in [3.8, 4) is 5.75 Å².